The van der Waals surface area contributed by atoms with E-state index in [1.165, 1.54) is 4.31 Å². The Morgan fingerprint density at radius 1 is 1.12 bits per heavy atom. The highest BCUT2D eigenvalue weighted by molar-refractivity contribution is 7.89. The van der Waals surface area contributed by atoms with E-state index >= 15 is 0 Å². The highest BCUT2D eigenvalue weighted by atomic mass is 32.2. The first-order chi connectivity index (χ1) is 11.1. The van der Waals surface area contributed by atoms with Crippen molar-refractivity contribution in [3.8, 4) is 0 Å². The van der Waals surface area contributed by atoms with Crippen molar-refractivity contribution in [2.75, 3.05) is 13.1 Å². The molecule has 0 unspecified atom stereocenters. The third-order valence-corrected chi connectivity index (χ3v) is 6.55. The molecule has 0 spiro atoms. The summed E-state index contributed by atoms with van der Waals surface area (Å²) in [6, 6.07) is 3.79. The molecule has 1 saturated heterocycles. The first-order valence-electron chi connectivity index (χ1n) is 8.41. The minimum atomic E-state index is -3.53. The highest BCUT2D eigenvalue weighted by Crippen LogP contribution is 2.29. The second-order valence-electron chi connectivity index (χ2n) is 6.89. The minimum Gasteiger partial charge on any atom is -0.463 e. The van der Waals surface area contributed by atoms with E-state index in [4.69, 9.17) is 4.74 Å². The Morgan fingerprint density at radius 2 is 1.62 bits per heavy atom. The van der Waals surface area contributed by atoms with Crippen molar-refractivity contribution in [1.82, 2.24) is 4.31 Å². The molecular formula is C18H27NO4S. The summed E-state index contributed by atoms with van der Waals surface area (Å²) in [7, 11) is -3.53. The van der Waals surface area contributed by atoms with Gasteiger partial charge in [-0.15, -0.1) is 0 Å². The average molecular weight is 353 g/mol. The number of carbonyl (C=O) groups excluding carboxylic acids is 1. The number of sulfonamides is 1. The maximum atomic E-state index is 13.0. The van der Waals surface area contributed by atoms with Gasteiger partial charge in [-0.2, -0.15) is 4.31 Å². The summed E-state index contributed by atoms with van der Waals surface area (Å²) in [5.41, 5.74) is 2.60. The molecule has 5 nitrogen and oxygen atoms in total. The first-order valence-corrected chi connectivity index (χ1v) is 9.85. The molecule has 0 atom stereocenters. The second-order valence-corrected chi connectivity index (χ2v) is 8.77. The minimum absolute atomic E-state index is 0.142. The Balaban J connectivity index is 2.15. The summed E-state index contributed by atoms with van der Waals surface area (Å²) in [5, 5.41) is 0. The van der Waals surface area contributed by atoms with Gasteiger partial charge in [0.1, 0.15) is 0 Å². The van der Waals surface area contributed by atoms with Crippen LogP contribution in [0.25, 0.3) is 0 Å². The highest BCUT2D eigenvalue weighted by Gasteiger charge is 2.34. The second kappa shape index (κ2) is 7.23. The van der Waals surface area contributed by atoms with Crippen LogP contribution in [0.1, 0.15) is 43.4 Å². The normalized spacial score (nSPS) is 17.2. The van der Waals surface area contributed by atoms with Gasteiger partial charge in [-0.05, 0) is 58.6 Å². The lowest BCUT2D eigenvalue weighted by atomic mass is 9.98. The SMILES string of the molecule is Cc1cc(C)c(S(=O)(=O)N2CCC(C(=O)OC(C)C)CC2)c(C)c1. The van der Waals surface area contributed by atoms with Gasteiger partial charge in [0.25, 0.3) is 0 Å². The molecule has 1 fully saturated rings. The fourth-order valence-corrected chi connectivity index (χ4v) is 5.24. The van der Waals surface area contributed by atoms with E-state index in [1.807, 2.05) is 46.8 Å². The Morgan fingerprint density at radius 3 is 2.08 bits per heavy atom. The molecule has 0 radical (unpaired) electrons. The van der Waals surface area contributed by atoms with E-state index in [9.17, 15) is 13.2 Å². The molecule has 134 valence electrons. The molecule has 1 aromatic rings. The van der Waals surface area contributed by atoms with Crippen LogP contribution in [-0.2, 0) is 19.6 Å². The molecule has 0 amide bonds. The zero-order valence-corrected chi connectivity index (χ0v) is 15.9. The molecule has 0 saturated carbocycles. The largest absolute Gasteiger partial charge is 0.463 e. The number of carbonyl (C=O) groups is 1. The van der Waals surface area contributed by atoms with Gasteiger partial charge >= 0.3 is 5.97 Å². The van der Waals surface area contributed by atoms with Gasteiger partial charge in [0.05, 0.1) is 16.9 Å². The van der Waals surface area contributed by atoms with E-state index in [1.54, 1.807) is 0 Å². The van der Waals surface area contributed by atoms with Crippen molar-refractivity contribution in [2.45, 2.75) is 58.5 Å². The van der Waals surface area contributed by atoms with Gasteiger partial charge in [-0.25, -0.2) is 8.42 Å². The summed E-state index contributed by atoms with van der Waals surface area (Å²) >= 11 is 0. The fourth-order valence-electron chi connectivity index (χ4n) is 3.36. The van der Waals surface area contributed by atoms with Gasteiger partial charge in [0, 0.05) is 13.1 Å². The number of piperidine rings is 1. The Bertz CT molecular complexity index is 694. The third-order valence-electron chi connectivity index (χ3n) is 4.34. The number of aryl methyl sites for hydroxylation is 3. The fraction of sp³-hybridized carbons (Fsp3) is 0.611. The van der Waals surface area contributed by atoms with Crippen LogP contribution in [0.4, 0.5) is 0 Å². The van der Waals surface area contributed by atoms with Gasteiger partial charge in [0.15, 0.2) is 0 Å². The van der Waals surface area contributed by atoms with E-state index in [2.05, 4.69) is 0 Å². The lowest BCUT2D eigenvalue weighted by Crippen LogP contribution is -2.41. The maximum absolute atomic E-state index is 13.0. The van der Waals surface area contributed by atoms with Crippen molar-refractivity contribution in [3.05, 3.63) is 28.8 Å². The Labute approximate surface area is 145 Å². The van der Waals surface area contributed by atoms with Crippen LogP contribution >= 0.6 is 0 Å². The smallest absolute Gasteiger partial charge is 0.309 e. The quantitative estimate of drug-likeness (QED) is 0.781. The predicted octanol–water partition coefficient (Wildman–Crippen LogP) is 2.96. The number of rotatable bonds is 4. The van der Waals surface area contributed by atoms with Crippen LogP contribution in [0.3, 0.4) is 0 Å². The van der Waals surface area contributed by atoms with Crippen molar-refractivity contribution in [2.24, 2.45) is 5.92 Å². The predicted molar refractivity (Wildman–Crippen MR) is 93.4 cm³/mol. The average Bonchev–Trinajstić information content (AvgIpc) is 2.45. The molecule has 1 aliphatic heterocycles. The van der Waals surface area contributed by atoms with E-state index in [0.717, 1.165) is 16.7 Å². The van der Waals surface area contributed by atoms with Crippen LogP contribution in [0.5, 0.6) is 0 Å². The Hall–Kier alpha value is -1.40. The van der Waals surface area contributed by atoms with Gasteiger partial charge in [-0.3, -0.25) is 4.79 Å². The summed E-state index contributed by atoms with van der Waals surface area (Å²) < 4.78 is 32.7. The van der Waals surface area contributed by atoms with E-state index < -0.39 is 10.0 Å². The van der Waals surface area contributed by atoms with Gasteiger partial charge in [-0.1, -0.05) is 17.7 Å². The monoisotopic (exact) mass is 353 g/mol. The molecule has 0 aliphatic carbocycles. The van der Waals surface area contributed by atoms with Crippen molar-refractivity contribution >= 4 is 16.0 Å². The maximum Gasteiger partial charge on any atom is 0.309 e. The van der Waals surface area contributed by atoms with Crippen molar-refractivity contribution < 1.29 is 17.9 Å². The van der Waals surface area contributed by atoms with E-state index in [0.29, 0.717) is 30.8 Å². The molecule has 2 rings (SSSR count). The standard InChI is InChI=1S/C18H27NO4S/c1-12(2)23-18(20)16-6-8-19(9-7-16)24(21,22)17-14(4)10-13(3)11-15(17)5/h10-12,16H,6-9H2,1-5H3. The van der Waals surface area contributed by atoms with Gasteiger partial charge < -0.3 is 4.74 Å². The molecule has 1 heterocycles. The molecule has 0 aromatic heterocycles. The summed E-state index contributed by atoms with van der Waals surface area (Å²) in [5.74, 6) is -0.427. The number of esters is 1. The van der Waals surface area contributed by atoms with Gasteiger partial charge in [0.2, 0.25) is 10.0 Å². The molecule has 0 N–H and O–H groups in total. The van der Waals surface area contributed by atoms with Crippen LogP contribution < -0.4 is 0 Å². The van der Waals surface area contributed by atoms with E-state index in [-0.39, 0.29) is 18.0 Å². The van der Waals surface area contributed by atoms with Crippen LogP contribution in [0.15, 0.2) is 17.0 Å². The van der Waals surface area contributed by atoms with Crippen molar-refractivity contribution in [1.29, 1.82) is 0 Å². The molecule has 0 bridgehead atoms. The van der Waals surface area contributed by atoms with Crippen LogP contribution in [0, 0.1) is 26.7 Å². The summed E-state index contributed by atoms with van der Waals surface area (Å²) in [6.45, 7) is 9.97. The zero-order valence-electron chi connectivity index (χ0n) is 15.1. The lowest BCUT2D eigenvalue weighted by Gasteiger charge is -2.31. The molecule has 1 aromatic carbocycles. The summed E-state index contributed by atoms with van der Waals surface area (Å²) in [6.07, 6.45) is 0.876. The number of hydrogen-bond acceptors (Lipinski definition) is 4. The number of ether oxygens (including phenoxy) is 1. The Kier molecular flexibility index (Phi) is 5.71. The number of hydrogen-bond donors (Lipinski definition) is 0. The lowest BCUT2D eigenvalue weighted by molar-refractivity contribution is -0.153. The molecule has 6 heteroatoms. The third kappa shape index (κ3) is 3.98. The number of benzene rings is 1. The summed E-state index contributed by atoms with van der Waals surface area (Å²) in [4.78, 5) is 12.4. The molecular weight excluding hydrogens is 326 g/mol. The molecule has 1 aliphatic rings. The van der Waals surface area contributed by atoms with Crippen LogP contribution in [0.2, 0.25) is 0 Å². The number of nitrogens with zero attached hydrogens (tertiary/aromatic N) is 1. The zero-order chi connectivity index (χ0) is 18.1. The molecule has 24 heavy (non-hydrogen) atoms. The topological polar surface area (TPSA) is 63.7 Å². The first kappa shape index (κ1) is 18.9. The van der Waals surface area contributed by atoms with Crippen LogP contribution in [-0.4, -0.2) is 37.9 Å². The van der Waals surface area contributed by atoms with Crippen molar-refractivity contribution in [3.63, 3.8) is 0 Å².